The number of nitrogens with one attached hydrogen (secondary N) is 1. The van der Waals surface area contributed by atoms with Crippen LogP contribution in [0.5, 0.6) is 5.75 Å². The van der Waals surface area contributed by atoms with E-state index < -0.39 is 0 Å². The average Bonchev–Trinajstić information content (AvgIpc) is 2.52. The van der Waals surface area contributed by atoms with Crippen molar-refractivity contribution in [2.45, 2.75) is 6.92 Å². The van der Waals surface area contributed by atoms with E-state index in [2.05, 4.69) is 10.3 Å². The largest absolute Gasteiger partial charge is 0.492 e. The van der Waals surface area contributed by atoms with Crippen LogP contribution in [0, 0.1) is 0 Å². The Balaban J connectivity index is 2.00. The lowest BCUT2D eigenvalue weighted by Crippen LogP contribution is -2.00. The number of ether oxygens (including phenoxy) is 1. The zero-order valence-corrected chi connectivity index (χ0v) is 11.8. The van der Waals surface area contributed by atoms with Gasteiger partial charge in [-0.25, -0.2) is 0 Å². The predicted molar refractivity (Wildman–Crippen MR) is 87.0 cm³/mol. The molecule has 0 fully saturated rings. The van der Waals surface area contributed by atoms with Crippen molar-refractivity contribution in [3.05, 3.63) is 54.7 Å². The molecule has 0 unspecified atom stereocenters. The number of benzene rings is 2. The standard InChI is InChI=1S/C17H17N3O/c1-2-21-16-8-4-3-7-14(16)20-15-10-9-13-12(17(15)18)6-5-11-19-13/h3-11,20H,2,18H2,1H3. The second-order valence-corrected chi connectivity index (χ2v) is 4.65. The molecule has 1 aromatic heterocycles. The van der Waals surface area contributed by atoms with Gasteiger partial charge in [0.1, 0.15) is 5.75 Å². The van der Waals surface area contributed by atoms with Crippen molar-refractivity contribution in [2.75, 3.05) is 17.7 Å². The number of pyridine rings is 1. The first-order valence-corrected chi connectivity index (χ1v) is 6.91. The van der Waals surface area contributed by atoms with Crippen molar-refractivity contribution in [1.29, 1.82) is 0 Å². The minimum atomic E-state index is 0.621. The van der Waals surface area contributed by atoms with E-state index >= 15 is 0 Å². The number of fused-ring (bicyclic) bond motifs is 1. The van der Waals surface area contributed by atoms with Gasteiger partial charge in [-0.2, -0.15) is 0 Å². The Kier molecular flexibility index (Phi) is 3.60. The highest BCUT2D eigenvalue weighted by Gasteiger charge is 2.08. The molecule has 106 valence electrons. The normalized spacial score (nSPS) is 10.5. The van der Waals surface area contributed by atoms with Crippen LogP contribution in [0.3, 0.4) is 0 Å². The minimum absolute atomic E-state index is 0.621. The molecular formula is C17H17N3O. The topological polar surface area (TPSA) is 60.2 Å². The van der Waals surface area contributed by atoms with Gasteiger partial charge in [-0.05, 0) is 43.3 Å². The summed E-state index contributed by atoms with van der Waals surface area (Å²) in [6, 6.07) is 15.6. The third-order valence-electron chi connectivity index (χ3n) is 3.28. The highest BCUT2D eigenvalue weighted by molar-refractivity contribution is 5.98. The first-order chi connectivity index (χ1) is 10.3. The molecule has 0 aliphatic heterocycles. The van der Waals surface area contributed by atoms with Gasteiger partial charge in [0, 0.05) is 11.6 Å². The fourth-order valence-electron chi connectivity index (χ4n) is 2.28. The highest BCUT2D eigenvalue weighted by atomic mass is 16.5. The summed E-state index contributed by atoms with van der Waals surface area (Å²) in [7, 11) is 0. The van der Waals surface area contributed by atoms with Crippen molar-refractivity contribution in [3.8, 4) is 5.75 Å². The van der Waals surface area contributed by atoms with Crippen molar-refractivity contribution in [2.24, 2.45) is 0 Å². The second-order valence-electron chi connectivity index (χ2n) is 4.65. The summed E-state index contributed by atoms with van der Waals surface area (Å²) >= 11 is 0. The molecule has 0 amide bonds. The molecule has 4 heteroatoms. The number of hydrogen-bond acceptors (Lipinski definition) is 4. The molecule has 21 heavy (non-hydrogen) atoms. The number of para-hydroxylation sites is 2. The zero-order chi connectivity index (χ0) is 14.7. The minimum Gasteiger partial charge on any atom is -0.492 e. The van der Waals surface area contributed by atoms with Gasteiger partial charge in [0.05, 0.1) is 29.2 Å². The molecule has 2 aromatic carbocycles. The van der Waals surface area contributed by atoms with E-state index in [9.17, 15) is 0 Å². The Hall–Kier alpha value is -2.75. The van der Waals surface area contributed by atoms with Gasteiger partial charge >= 0.3 is 0 Å². The van der Waals surface area contributed by atoms with Gasteiger partial charge in [0.25, 0.3) is 0 Å². The lowest BCUT2D eigenvalue weighted by molar-refractivity contribution is 0.342. The number of nitrogens with zero attached hydrogens (tertiary/aromatic N) is 1. The van der Waals surface area contributed by atoms with E-state index in [1.54, 1.807) is 6.20 Å². The lowest BCUT2D eigenvalue weighted by atomic mass is 10.1. The van der Waals surface area contributed by atoms with E-state index in [1.165, 1.54) is 0 Å². The van der Waals surface area contributed by atoms with Crippen LogP contribution in [0.4, 0.5) is 17.1 Å². The van der Waals surface area contributed by atoms with Gasteiger partial charge in [-0.1, -0.05) is 12.1 Å². The molecule has 0 atom stereocenters. The van der Waals surface area contributed by atoms with E-state index in [0.29, 0.717) is 12.3 Å². The SMILES string of the molecule is CCOc1ccccc1Nc1ccc2ncccc2c1N. The summed E-state index contributed by atoms with van der Waals surface area (Å²) in [6.45, 7) is 2.59. The molecule has 0 saturated carbocycles. The molecule has 1 heterocycles. The molecule has 0 bridgehead atoms. The molecule has 4 nitrogen and oxygen atoms in total. The third-order valence-corrected chi connectivity index (χ3v) is 3.28. The quantitative estimate of drug-likeness (QED) is 0.710. The van der Waals surface area contributed by atoms with Crippen LogP contribution < -0.4 is 15.8 Å². The van der Waals surface area contributed by atoms with Crippen molar-refractivity contribution in [1.82, 2.24) is 4.98 Å². The fourth-order valence-corrected chi connectivity index (χ4v) is 2.28. The predicted octanol–water partition coefficient (Wildman–Crippen LogP) is 3.96. The van der Waals surface area contributed by atoms with Gasteiger partial charge in [0.15, 0.2) is 0 Å². The molecular weight excluding hydrogens is 262 g/mol. The van der Waals surface area contributed by atoms with Crippen LogP contribution in [0.1, 0.15) is 6.92 Å². The van der Waals surface area contributed by atoms with Crippen LogP contribution >= 0.6 is 0 Å². The Morgan fingerprint density at radius 2 is 1.90 bits per heavy atom. The maximum atomic E-state index is 6.25. The number of rotatable bonds is 4. The molecule has 0 aliphatic carbocycles. The molecule has 0 radical (unpaired) electrons. The summed E-state index contributed by atoms with van der Waals surface area (Å²) in [5, 5.41) is 4.28. The third kappa shape index (κ3) is 2.60. The van der Waals surface area contributed by atoms with E-state index in [-0.39, 0.29) is 0 Å². The second kappa shape index (κ2) is 5.71. The highest BCUT2D eigenvalue weighted by Crippen LogP contribution is 2.33. The van der Waals surface area contributed by atoms with Crippen LogP contribution in [0.2, 0.25) is 0 Å². The maximum absolute atomic E-state index is 6.25. The molecule has 3 rings (SSSR count). The van der Waals surface area contributed by atoms with E-state index in [1.807, 2.05) is 55.5 Å². The van der Waals surface area contributed by atoms with Crippen molar-refractivity contribution in [3.63, 3.8) is 0 Å². The average molecular weight is 279 g/mol. The molecule has 3 N–H and O–H groups in total. The Labute approximate surface area is 123 Å². The number of nitrogens with two attached hydrogens (primary N) is 1. The molecule has 0 spiro atoms. The first-order valence-electron chi connectivity index (χ1n) is 6.91. The van der Waals surface area contributed by atoms with Gasteiger partial charge in [-0.3, -0.25) is 4.98 Å². The summed E-state index contributed by atoms with van der Waals surface area (Å²) in [6.07, 6.45) is 1.76. The number of anilines is 3. The van der Waals surface area contributed by atoms with Crippen LogP contribution in [0.15, 0.2) is 54.7 Å². The van der Waals surface area contributed by atoms with Crippen LogP contribution in [-0.2, 0) is 0 Å². The molecule has 0 aliphatic rings. The number of aromatic nitrogens is 1. The van der Waals surface area contributed by atoms with Gasteiger partial charge in [-0.15, -0.1) is 0 Å². The van der Waals surface area contributed by atoms with E-state index in [0.717, 1.165) is 28.0 Å². The van der Waals surface area contributed by atoms with Gasteiger partial charge in [0.2, 0.25) is 0 Å². The zero-order valence-electron chi connectivity index (χ0n) is 11.8. The van der Waals surface area contributed by atoms with Crippen molar-refractivity contribution < 1.29 is 4.74 Å². The summed E-state index contributed by atoms with van der Waals surface area (Å²) < 4.78 is 5.62. The van der Waals surface area contributed by atoms with Crippen LogP contribution in [-0.4, -0.2) is 11.6 Å². The van der Waals surface area contributed by atoms with Crippen molar-refractivity contribution >= 4 is 28.0 Å². The smallest absolute Gasteiger partial charge is 0.142 e. The van der Waals surface area contributed by atoms with Gasteiger partial charge < -0.3 is 15.8 Å². The fraction of sp³-hybridized carbons (Fsp3) is 0.118. The first kappa shape index (κ1) is 13.2. The van der Waals surface area contributed by atoms with E-state index in [4.69, 9.17) is 10.5 Å². The lowest BCUT2D eigenvalue weighted by Gasteiger charge is -2.14. The summed E-state index contributed by atoms with van der Waals surface area (Å²) in [5.74, 6) is 0.811. The molecule has 3 aromatic rings. The Bertz CT molecular complexity index is 771. The van der Waals surface area contributed by atoms with Crippen LogP contribution in [0.25, 0.3) is 10.9 Å². The molecule has 0 saturated heterocycles. The Morgan fingerprint density at radius 3 is 2.76 bits per heavy atom. The summed E-state index contributed by atoms with van der Waals surface area (Å²) in [5.41, 5.74) is 9.57. The number of nitrogen functional groups attached to an aromatic ring is 1. The summed E-state index contributed by atoms with van der Waals surface area (Å²) in [4.78, 5) is 4.30. The maximum Gasteiger partial charge on any atom is 0.142 e. The monoisotopic (exact) mass is 279 g/mol. The Morgan fingerprint density at radius 1 is 1.05 bits per heavy atom. The number of hydrogen-bond donors (Lipinski definition) is 2.